The van der Waals surface area contributed by atoms with Crippen LogP contribution in [0, 0.1) is 0 Å². The van der Waals surface area contributed by atoms with Crippen molar-refractivity contribution in [2.45, 2.75) is 45.7 Å². The van der Waals surface area contributed by atoms with E-state index in [0.717, 1.165) is 51.5 Å². The van der Waals surface area contributed by atoms with Gasteiger partial charge in [0.1, 0.15) is 0 Å². The fraction of sp³-hybridized carbons (Fsp3) is 0.688. The van der Waals surface area contributed by atoms with Gasteiger partial charge in [-0.05, 0) is 19.8 Å². The molecular weight excluding hydrogens is 292 g/mol. The van der Waals surface area contributed by atoms with E-state index in [-0.39, 0.29) is 11.9 Å². The molecule has 0 radical (unpaired) electrons. The van der Waals surface area contributed by atoms with Crippen LogP contribution in [-0.4, -0.2) is 58.5 Å². The van der Waals surface area contributed by atoms with Crippen LogP contribution in [-0.2, 0) is 11.3 Å². The van der Waals surface area contributed by atoms with Crippen LogP contribution in [0.15, 0.2) is 23.7 Å². The minimum absolute atomic E-state index is 0.233. The predicted molar refractivity (Wildman–Crippen MR) is 91.2 cm³/mol. The molecule has 1 aromatic rings. The third kappa shape index (κ3) is 5.58. The predicted octanol–water partition coefficient (Wildman–Crippen LogP) is 0.839. The average Bonchev–Trinajstić information content (AvgIpc) is 3.22. The molecule has 1 fully saturated rings. The van der Waals surface area contributed by atoms with Crippen molar-refractivity contribution >= 4 is 11.9 Å². The van der Waals surface area contributed by atoms with Gasteiger partial charge in [0.15, 0.2) is 5.96 Å². The molecule has 1 amide bonds. The van der Waals surface area contributed by atoms with Crippen LogP contribution >= 0.6 is 0 Å². The Morgan fingerprint density at radius 2 is 2.30 bits per heavy atom. The Kier molecular flexibility index (Phi) is 6.90. The number of aromatic nitrogens is 2. The maximum atomic E-state index is 11.7. The molecule has 1 aliphatic rings. The first-order valence-electron chi connectivity index (χ1n) is 8.51. The fourth-order valence-corrected chi connectivity index (χ4v) is 2.70. The van der Waals surface area contributed by atoms with Crippen molar-refractivity contribution in [1.29, 1.82) is 0 Å². The maximum Gasteiger partial charge on any atom is 0.222 e. The Balaban J connectivity index is 1.76. The summed E-state index contributed by atoms with van der Waals surface area (Å²) in [6.07, 6.45) is 8.10. The van der Waals surface area contributed by atoms with E-state index in [0.29, 0.717) is 6.42 Å². The number of amides is 1. The number of nitrogens with zero attached hydrogens (tertiary/aromatic N) is 4. The largest absolute Gasteiger partial charge is 0.357 e. The molecule has 128 valence electrons. The van der Waals surface area contributed by atoms with E-state index in [1.165, 1.54) is 0 Å². The Bertz CT molecular complexity index is 499. The summed E-state index contributed by atoms with van der Waals surface area (Å²) in [6.45, 7) is 8.09. The Hall–Kier alpha value is -2.05. The molecule has 1 atom stereocenters. The van der Waals surface area contributed by atoms with Crippen LogP contribution < -0.4 is 10.6 Å². The van der Waals surface area contributed by atoms with Gasteiger partial charge < -0.3 is 20.1 Å². The standard InChI is InChI=1S/C16H28N6O/c1-3-15(23)22-10-6-14(12-22)20-16(18-4-2)19-7-5-9-21-11-8-17-13-21/h8,11,13-14H,3-7,9-10,12H2,1-2H3,(H2,18,19,20). The lowest BCUT2D eigenvalue weighted by Crippen LogP contribution is -2.45. The number of carbonyl (C=O) groups excluding carboxylic acids is 1. The Morgan fingerprint density at radius 1 is 1.43 bits per heavy atom. The first-order chi connectivity index (χ1) is 11.2. The molecule has 0 aliphatic carbocycles. The van der Waals surface area contributed by atoms with Gasteiger partial charge >= 0.3 is 0 Å². The number of aryl methyl sites for hydroxylation is 1. The number of imidazole rings is 1. The van der Waals surface area contributed by atoms with E-state index in [2.05, 4.69) is 32.1 Å². The molecule has 7 nitrogen and oxygen atoms in total. The van der Waals surface area contributed by atoms with Crippen molar-refractivity contribution in [3.8, 4) is 0 Å². The molecule has 0 bridgehead atoms. The molecule has 0 saturated carbocycles. The van der Waals surface area contributed by atoms with E-state index in [9.17, 15) is 4.79 Å². The number of guanidine groups is 1. The second-order valence-electron chi connectivity index (χ2n) is 5.74. The smallest absolute Gasteiger partial charge is 0.222 e. The third-order valence-electron chi connectivity index (χ3n) is 3.93. The molecule has 1 saturated heterocycles. The van der Waals surface area contributed by atoms with Crippen molar-refractivity contribution in [2.24, 2.45) is 4.99 Å². The lowest BCUT2D eigenvalue weighted by Gasteiger charge is -2.18. The molecule has 0 aromatic carbocycles. The topological polar surface area (TPSA) is 74.6 Å². The highest BCUT2D eigenvalue weighted by molar-refractivity contribution is 5.80. The molecule has 2 heterocycles. The summed E-state index contributed by atoms with van der Waals surface area (Å²) in [7, 11) is 0. The molecule has 1 unspecified atom stereocenters. The lowest BCUT2D eigenvalue weighted by molar-refractivity contribution is -0.129. The number of rotatable bonds is 7. The fourth-order valence-electron chi connectivity index (χ4n) is 2.70. The van der Waals surface area contributed by atoms with Gasteiger partial charge in [0.25, 0.3) is 0 Å². The Morgan fingerprint density at radius 3 is 3.00 bits per heavy atom. The number of likely N-dealkylation sites (tertiary alicyclic amines) is 1. The average molecular weight is 320 g/mol. The molecule has 0 spiro atoms. The first kappa shape index (κ1) is 17.3. The Labute approximate surface area is 138 Å². The third-order valence-corrected chi connectivity index (χ3v) is 3.93. The van der Waals surface area contributed by atoms with Crippen molar-refractivity contribution in [3.63, 3.8) is 0 Å². The monoisotopic (exact) mass is 320 g/mol. The van der Waals surface area contributed by atoms with E-state index < -0.39 is 0 Å². The summed E-state index contributed by atoms with van der Waals surface area (Å²) in [5.41, 5.74) is 0. The molecular formula is C16H28N6O. The zero-order chi connectivity index (χ0) is 16.5. The van der Waals surface area contributed by atoms with Crippen molar-refractivity contribution in [2.75, 3.05) is 26.2 Å². The van der Waals surface area contributed by atoms with E-state index in [1.54, 1.807) is 6.20 Å². The summed E-state index contributed by atoms with van der Waals surface area (Å²) in [6, 6.07) is 0.289. The summed E-state index contributed by atoms with van der Waals surface area (Å²) >= 11 is 0. The van der Waals surface area contributed by atoms with Crippen LogP contribution in [0.5, 0.6) is 0 Å². The van der Waals surface area contributed by atoms with Gasteiger partial charge in [0.2, 0.25) is 5.91 Å². The van der Waals surface area contributed by atoms with Crippen LogP contribution in [0.2, 0.25) is 0 Å². The van der Waals surface area contributed by atoms with Crippen LogP contribution in [0.4, 0.5) is 0 Å². The van der Waals surface area contributed by atoms with Gasteiger partial charge in [-0.25, -0.2) is 4.98 Å². The van der Waals surface area contributed by atoms with Crippen molar-refractivity contribution in [1.82, 2.24) is 25.1 Å². The summed E-state index contributed by atoms with van der Waals surface area (Å²) < 4.78 is 2.06. The number of hydrogen-bond acceptors (Lipinski definition) is 3. The van der Waals surface area contributed by atoms with Gasteiger partial charge in [-0.15, -0.1) is 0 Å². The van der Waals surface area contributed by atoms with Gasteiger partial charge in [0, 0.05) is 57.6 Å². The minimum Gasteiger partial charge on any atom is -0.357 e. The van der Waals surface area contributed by atoms with E-state index in [1.807, 2.05) is 24.3 Å². The second kappa shape index (κ2) is 9.17. The maximum absolute atomic E-state index is 11.7. The number of aliphatic imine (C=N–C) groups is 1. The quantitative estimate of drug-likeness (QED) is 0.443. The summed E-state index contributed by atoms with van der Waals surface area (Å²) in [4.78, 5) is 22.3. The van der Waals surface area contributed by atoms with E-state index >= 15 is 0 Å². The lowest BCUT2D eigenvalue weighted by atomic mass is 10.3. The number of hydrogen-bond donors (Lipinski definition) is 2. The van der Waals surface area contributed by atoms with Gasteiger partial charge in [-0.2, -0.15) is 0 Å². The van der Waals surface area contributed by atoms with Crippen molar-refractivity contribution < 1.29 is 4.79 Å². The molecule has 2 rings (SSSR count). The normalized spacial score (nSPS) is 18.3. The van der Waals surface area contributed by atoms with Crippen LogP contribution in [0.1, 0.15) is 33.1 Å². The molecule has 2 N–H and O–H groups in total. The van der Waals surface area contributed by atoms with Gasteiger partial charge in [-0.3, -0.25) is 9.79 Å². The van der Waals surface area contributed by atoms with E-state index in [4.69, 9.17) is 0 Å². The van der Waals surface area contributed by atoms with Crippen LogP contribution in [0.25, 0.3) is 0 Å². The van der Waals surface area contributed by atoms with Gasteiger partial charge in [0.05, 0.1) is 6.33 Å². The molecule has 1 aromatic heterocycles. The SMILES string of the molecule is CCNC(=NCCCn1ccnc1)NC1CCN(C(=O)CC)C1. The molecule has 7 heteroatoms. The zero-order valence-corrected chi connectivity index (χ0v) is 14.2. The van der Waals surface area contributed by atoms with Gasteiger partial charge in [-0.1, -0.05) is 6.92 Å². The summed E-state index contributed by atoms with van der Waals surface area (Å²) in [5.74, 6) is 1.07. The second-order valence-corrected chi connectivity index (χ2v) is 5.74. The summed E-state index contributed by atoms with van der Waals surface area (Å²) in [5, 5.41) is 6.72. The van der Waals surface area contributed by atoms with Crippen LogP contribution in [0.3, 0.4) is 0 Å². The minimum atomic E-state index is 0.233. The molecule has 1 aliphatic heterocycles. The first-order valence-corrected chi connectivity index (χ1v) is 8.51. The highest BCUT2D eigenvalue weighted by Gasteiger charge is 2.25. The number of carbonyl (C=O) groups is 1. The zero-order valence-electron chi connectivity index (χ0n) is 14.2. The molecule has 23 heavy (non-hydrogen) atoms. The van der Waals surface area contributed by atoms with Crippen molar-refractivity contribution in [3.05, 3.63) is 18.7 Å². The highest BCUT2D eigenvalue weighted by Crippen LogP contribution is 2.10. The number of nitrogens with one attached hydrogen (secondary N) is 2. The highest BCUT2D eigenvalue weighted by atomic mass is 16.2.